The highest BCUT2D eigenvalue weighted by atomic mass is 15.2. The summed E-state index contributed by atoms with van der Waals surface area (Å²) in [5.74, 6) is 1.53. The summed E-state index contributed by atoms with van der Waals surface area (Å²) < 4.78 is 0. The van der Waals surface area contributed by atoms with Crippen LogP contribution < -0.4 is 10.6 Å². The number of aromatic nitrogens is 4. The van der Waals surface area contributed by atoms with Gasteiger partial charge in [-0.1, -0.05) is 6.92 Å². The molecule has 0 unspecified atom stereocenters. The molecular formula is C13H20N6. The van der Waals surface area contributed by atoms with Gasteiger partial charge < -0.3 is 10.6 Å². The Balaban J connectivity index is 1.93. The van der Waals surface area contributed by atoms with Gasteiger partial charge in [0, 0.05) is 12.1 Å². The minimum Gasteiger partial charge on any atom is -0.364 e. The molecule has 0 aromatic carbocycles. The van der Waals surface area contributed by atoms with Gasteiger partial charge in [0.15, 0.2) is 5.65 Å². The first kappa shape index (κ1) is 12.2. The third-order valence-electron chi connectivity index (χ3n) is 3.72. The number of aromatic amines is 1. The van der Waals surface area contributed by atoms with Gasteiger partial charge in [-0.15, -0.1) is 0 Å². The van der Waals surface area contributed by atoms with E-state index in [1.165, 1.54) is 19.3 Å². The van der Waals surface area contributed by atoms with Crippen LogP contribution in [0.3, 0.4) is 0 Å². The Morgan fingerprint density at radius 1 is 1.37 bits per heavy atom. The van der Waals surface area contributed by atoms with Gasteiger partial charge >= 0.3 is 0 Å². The molecule has 0 radical (unpaired) electrons. The Labute approximate surface area is 112 Å². The number of anilines is 2. The van der Waals surface area contributed by atoms with Crippen molar-refractivity contribution < 1.29 is 0 Å². The lowest BCUT2D eigenvalue weighted by atomic mass is 9.78. The Morgan fingerprint density at radius 3 is 2.89 bits per heavy atom. The zero-order chi connectivity index (χ0) is 13.3. The van der Waals surface area contributed by atoms with E-state index >= 15 is 0 Å². The molecule has 3 N–H and O–H groups in total. The van der Waals surface area contributed by atoms with Crippen molar-refractivity contribution in [2.75, 3.05) is 17.2 Å². The van der Waals surface area contributed by atoms with Crippen molar-refractivity contribution in [1.82, 2.24) is 20.2 Å². The van der Waals surface area contributed by atoms with Gasteiger partial charge in [0.2, 0.25) is 5.95 Å². The summed E-state index contributed by atoms with van der Waals surface area (Å²) in [7, 11) is 0. The summed E-state index contributed by atoms with van der Waals surface area (Å²) in [5.41, 5.74) is 0.944. The molecule has 0 bridgehead atoms. The Hall–Kier alpha value is -1.85. The van der Waals surface area contributed by atoms with Gasteiger partial charge in [0.25, 0.3) is 0 Å². The number of hydrogen-bond acceptors (Lipinski definition) is 5. The van der Waals surface area contributed by atoms with Crippen LogP contribution in [0, 0.1) is 0 Å². The summed E-state index contributed by atoms with van der Waals surface area (Å²) in [5, 5.41) is 14.7. The molecule has 1 aliphatic carbocycles. The fraction of sp³-hybridized carbons (Fsp3) is 0.615. The third-order valence-corrected chi connectivity index (χ3v) is 3.72. The highest BCUT2D eigenvalue weighted by molar-refractivity contribution is 5.87. The van der Waals surface area contributed by atoms with E-state index in [1.54, 1.807) is 6.20 Å². The standard InChI is InChI=1S/C13H20N6/c1-3-7-14-12-16-10(18-13(2)5-4-6-13)9-8-15-19-11(9)17-12/h8H,3-7H2,1-2H3,(H3,14,15,16,17,18,19). The molecule has 0 atom stereocenters. The largest absolute Gasteiger partial charge is 0.364 e. The van der Waals surface area contributed by atoms with Gasteiger partial charge in [-0.05, 0) is 32.6 Å². The predicted octanol–water partition coefficient (Wildman–Crippen LogP) is 2.53. The number of hydrogen-bond donors (Lipinski definition) is 3. The number of nitrogens with one attached hydrogen (secondary N) is 3. The molecule has 3 rings (SSSR count). The normalized spacial score (nSPS) is 17.2. The maximum atomic E-state index is 4.58. The molecule has 0 aliphatic heterocycles. The summed E-state index contributed by atoms with van der Waals surface area (Å²) in [4.78, 5) is 9.01. The van der Waals surface area contributed by atoms with Crippen molar-refractivity contribution in [3.05, 3.63) is 6.20 Å². The van der Waals surface area contributed by atoms with Crippen LogP contribution in [-0.4, -0.2) is 32.2 Å². The minimum absolute atomic E-state index is 0.167. The second-order valence-corrected chi connectivity index (χ2v) is 5.49. The van der Waals surface area contributed by atoms with Gasteiger partial charge in [-0.2, -0.15) is 15.1 Å². The monoisotopic (exact) mass is 260 g/mol. The van der Waals surface area contributed by atoms with Crippen LogP contribution in [0.25, 0.3) is 11.0 Å². The average molecular weight is 260 g/mol. The summed E-state index contributed by atoms with van der Waals surface area (Å²) >= 11 is 0. The van der Waals surface area contributed by atoms with Crippen LogP contribution in [-0.2, 0) is 0 Å². The Kier molecular flexibility index (Phi) is 3.00. The van der Waals surface area contributed by atoms with Crippen molar-refractivity contribution in [3.63, 3.8) is 0 Å². The first-order chi connectivity index (χ1) is 9.20. The molecule has 102 valence electrons. The summed E-state index contributed by atoms with van der Waals surface area (Å²) in [6, 6.07) is 0. The van der Waals surface area contributed by atoms with Crippen molar-refractivity contribution in [3.8, 4) is 0 Å². The van der Waals surface area contributed by atoms with Gasteiger partial charge in [-0.25, -0.2) is 0 Å². The van der Waals surface area contributed by atoms with Crippen molar-refractivity contribution >= 4 is 22.8 Å². The van der Waals surface area contributed by atoms with Crippen LogP contribution >= 0.6 is 0 Å². The number of rotatable bonds is 5. The Morgan fingerprint density at radius 2 is 2.21 bits per heavy atom. The zero-order valence-corrected chi connectivity index (χ0v) is 11.5. The molecule has 0 saturated heterocycles. The average Bonchev–Trinajstić information content (AvgIpc) is 2.83. The maximum absolute atomic E-state index is 4.58. The molecule has 1 saturated carbocycles. The lowest BCUT2D eigenvalue weighted by Gasteiger charge is -2.39. The maximum Gasteiger partial charge on any atom is 0.226 e. The minimum atomic E-state index is 0.167. The predicted molar refractivity (Wildman–Crippen MR) is 76.3 cm³/mol. The fourth-order valence-corrected chi connectivity index (χ4v) is 2.36. The quantitative estimate of drug-likeness (QED) is 0.770. The van der Waals surface area contributed by atoms with Gasteiger partial charge in [0.1, 0.15) is 5.82 Å². The van der Waals surface area contributed by atoms with E-state index in [4.69, 9.17) is 0 Å². The molecular weight excluding hydrogens is 240 g/mol. The number of H-pyrrole nitrogens is 1. The van der Waals surface area contributed by atoms with E-state index in [1.807, 2.05) is 0 Å². The van der Waals surface area contributed by atoms with Crippen LogP contribution in [0.2, 0.25) is 0 Å². The summed E-state index contributed by atoms with van der Waals surface area (Å²) in [6.45, 7) is 5.23. The number of fused-ring (bicyclic) bond motifs is 1. The highest BCUT2D eigenvalue weighted by Crippen LogP contribution is 2.35. The van der Waals surface area contributed by atoms with Crippen molar-refractivity contribution in [1.29, 1.82) is 0 Å². The van der Waals surface area contributed by atoms with Crippen LogP contribution in [0.15, 0.2) is 6.20 Å². The van der Waals surface area contributed by atoms with E-state index in [0.717, 1.165) is 29.8 Å². The lowest BCUT2D eigenvalue weighted by Crippen LogP contribution is -2.42. The van der Waals surface area contributed by atoms with Crippen LogP contribution in [0.1, 0.15) is 39.5 Å². The SMILES string of the molecule is CCCNc1nc(NC2(C)CCC2)c2cn[nH]c2n1. The molecule has 2 aromatic rings. The van der Waals surface area contributed by atoms with E-state index < -0.39 is 0 Å². The zero-order valence-electron chi connectivity index (χ0n) is 11.5. The van der Waals surface area contributed by atoms with E-state index in [0.29, 0.717) is 5.95 Å². The Bertz CT molecular complexity index is 572. The molecule has 2 aromatic heterocycles. The number of nitrogens with zero attached hydrogens (tertiary/aromatic N) is 3. The highest BCUT2D eigenvalue weighted by Gasteiger charge is 2.32. The molecule has 2 heterocycles. The van der Waals surface area contributed by atoms with Crippen molar-refractivity contribution in [2.24, 2.45) is 0 Å². The fourth-order valence-electron chi connectivity index (χ4n) is 2.36. The third kappa shape index (κ3) is 2.34. The topological polar surface area (TPSA) is 78.5 Å². The smallest absolute Gasteiger partial charge is 0.226 e. The molecule has 6 heteroatoms. The second-order valence-electron chi connectivity index (χ2n) is 5.49. The molecule has 1 fully saturated rings. The van der Waals surface area contributed by atoms with Gasteiger partial charge in [-0.3, -0.25) is 5.10 Å². The second kappa shape index (κ2) is 4.68. The molecule has 0 amide bonds. The van der Waals surface area contributed by atoms with Crippen LogP contribution in [0.4, 0.5) is 11.8 Å². The van der Waals surface area contributed by atoms with E-state index in [-0.39, 0.29) is 5.54 Å². The molecule has 1 aliphatic rings. The van der Waals surface area contributed by atoms with Gasteiger partial charge in [0.05, 0.1) is 11.6 Å². The molecule has 6 nitrogen and oxygen atoms in total. The first-order valence-corrected chi connectivity index (χ1v) is 6.93. The summed E-state index contributed by atoms with van der Waals surface area (Å²) in [6.07, 6.45) is 6.49. The van der Waals surface area contributed by atoms with E-state index in [2.05, 4.69) is 44.6 Å². The van der Waals surface area contributed by atoms with E-state index in [9.17, 15) is 0 Å². The molecule has 19 heavy (non-hydrogen) atoms. The first-order valence-electron chi connectivity index (χ1n) is 6.93. The van der Waals surface area contributed by atoms with Crippen LogP contribution in [0.5, 0.6) is 0 Å². The lowest BCUT2D eigenvalue weighted by molar-refractivity contribution is 0.306. The van der Waals surface area contributed by atoms with Crippen molar-refractivity contribution in [2.45, 2.75) is 45.1 Å². The molecule has 0 spiro atoms.